The Morgan fingerprint density at radius 2 is 2.00 bits per heavy atom. The minimum atomic E-state index is -5.09. The number of ketones is 1. The minimum Gasteiger partial charge on any atom is -0.465 e. The molecule has 0 aliphatic carbocycles. The third-order valence-electron chi connectivity index (χ3n) is 2.50. The lowest BCUT2D eigenvalue weighted by Crippen LogP contribution is -2.37. The summed E-state index contributed by atoms with van der Waals surface area (Å²) in [5, 5.41) is 0.310. The maximum Gasteiger partial charge on any atom is 0.450 e. The molecule has 0 N–H and O–H groups in total. The molecule has 20 heavy (non-hydrogen) atoms. The van der Waals surface area contributed by atoms with Gasteiger partial charge in [0.25, 0.3) is 5.78 Å². The van der Waals surface area contributed by atoms with Crippen LogP contribution in [0.15, 0.2) is 24.3 Å². The zero-order chi connectivity index (χ0) is 15.3. The zero-order valence-electron chi connectivity index (χ0n) is 10.5. The monoisotopic (exact) mass is 308 g/mol. The molecule has 0 aliphatic heterocycles. The normalized spacial score (nSPS) is 12.8. The molecule has 3 nitrogen and oxygen atoms in total. The maximum atomic E-state index is 12.5. The largest absolute Gasteiger partial charge is 0.465 e. The van der Waals surface area contributed by atoms with Gasteiger partial charge in [-0.25, -0.2) is 0 Å². The lowest BCUT2D eigenvalue weighted by Gasteiger charge is -2.16. The van der Waals surface area contributed by atoms with E-state index in [1.165, 1.54) is 31.2 Å². The number of alkyl halides is 3. The molecular weight excluding hydrogens is 297 g/mol. The van der Waals surface area contributed by atoms with Crippen LogP contribution in [0.5, 0.6) is 0 Å². The Bertz CT molecular complexity index is 500. The summed E-state index contributed by atoms with van der Waals surface area (Å²) < 4.78 is 42.0. The molecule has 1 atom stereocenters. The Hall–Kier alpha value is -1.56. The van der Waals surface area contributed by atoms with Crippen molar-refractivity contribution in [3.05, 3.63) is 34.9 Å². The van der Waals surface area contributed by atoms with Gasteiger partial charge in [0.15, 0.2) is 0 Å². The number of carbonyl (C=O) groups is 2. The number of esters is 1. The van der Waals surface area contributed by atoms with E-state index in [0.717, 1.165) is 0 Å². The third-order valence-corrected chi connectivity index (χ3v) is 2.73. The summed E-state index contributed by atoms with van der Waals surface area (Å²) in [6.07, 6.45) is -5.49. The first-order chi connectivity index (χ1) is 9.25. The molecule has 0 spiro atoms. The predicted molar refractivity (Wildman–Crippen MR) is 66.3 cm³/mol. The summed E-state index contributed by atoms with van der Waals surface area (Å²) in [6, 6.07) is 5.95. The first kappa shape index (κ1) is 16.5. The second-order valence-electron chi connectivity index (χ2n) is 4.00. The molecule has 0 heterocycles. The molecular formula is C13H12ClF3O3. The van der Waals surface area contributed by atoms with Gasteiger partial charge < -0.3 is 4.74 Å². The van der Waals surface area contributed by atoms with Gasteiger partial charge in [0.2, 0.25) is 0 Å². The summed E-state index contributed by atoms with van der Waals surface area (Å²) in [5.74, 6) is -5.21. The Morgan fingerprint density at radius 1 is 1.35 bits per heavy atom. The molecule has 0 saturated heterocycles. The van der Waals surface area contributed by atoms with Gasteiger partial charge in [-0.2, -0.15) is 13.2 Å². The Morgan fingerprint density at radius 3 is 2.50 bits per heavy atom. The minimum absolute atomic E-state index is 0.101. The molecule has 0 fully saturated rings. The number of hydrogen-bond acceptors (Lipinski definition) is 3. The van der Waals surface area contributed by atoms with E-state index in [9.17, 15) is 22.8 Å². The van der Waals surface area contributed by atoms with Crippen LogP contribution >= 0.6 is 11.6 Å². The van der Waals surface area contributed by atoms with Crippen molar-refractivity contribution in [1.29, 1.82) is 0 Å². The number of halogens is 4. The standard InChI is InChI=1S/C13H12ClF3O3/c1-2-20-12(19)10(11(18)13(15,16)17)7-8-4-3-5-9(14)6-8/h3-6,10H,2,7H2,1H3. The van der Waals surface area contributed by atoms with Crippen molar-refractivity contribution in [2.24, 2.45) is 5.92 Å². The average Bonchev–Trinajstić information content (AvgIpc) is 2.34. The number of ether oxygens (including phenoxy) is 1. The Balaban J connectivity index is 2.99. The van der Waals surface area contributed by atoms with Crippen molar-refractivity contribution in [2.45, 2.75) is 19.5 Å². The van der Waals surface area contributed by atoms with E-state index in [0.29, 0.717) is 10.6 Å². The molecule has 1 aromatic rings. The molecule has 7 heteroatoms. The van der Waals surface area contributed by atoms with Crippen LogP contribution in [-0.2, 0) is 20.7 Å². The molecule has 0 saturated carbocycles. The molecule has 1 aromatic carbocycles. The number of Topliss-reactive ketones (excluding diaryl/α,β-unsaturated/α-hetero) is 1. The van der Waals surface area contributed by atoms with E-state index in [4.69, 9.17) is 11.6 Å². The fourth-order valence-corrected chi connectivity index (χ4v) is 1.84. The smallest absolute Gasteiger partial charge is 0.450 e. The lowest BCUT2D eigenvalue weighted by atomic mass is 9.95. The molecule has 0 aromatic heterocycles. The fraction of sp³-hybridized carbons (Fsp3) is 0.385. The van der Waals surface area contributed by atoms with Gasteiger partial charge in [-0.05, 0) is 31.0 Å². The van der Waals surface area contributed by atoms with E-state index in [1.807, 2.05) is 0 Å². The van der Waals surface area contributed by atoms with Crippen LogP contribution in [0.3, 0.4) is 0 Å². The van der Waals surface area contributed by atoms with Gasteiger partial charge in [-0.3, -0.25) is 9.59 Å². The van der Waals surface area contributed by atoms with Crippen molar-refractivity contribution < 1.29 is 27.5 Å². The van der Waals surface area contributed by atoms with Crippen molar-refractivity contribution >= 4 is 23.4 Å². The number of hydrogen-bond donors (Lipinski definition) is 0. The van der Waals surface area contributed by atoms with Crippen molar-refractivity contribution in [3.63, 3.8) is 0 Å². The highest BCUT2D eigenvalue weighted by Crippen LogP contribution is 2.25. The highest BCUT2D eigenvalue weighted by atomic mass is 35.5. The third kappa shape index (κ3) is 4.52. The van der Waals surface area contributed by atoms with Crippen LogP contribution in [-0.4, -0.2) is 24.5 Å². The van der Waals surface area contributed by atoms with Crippen LogP contribution in [0.1, 0.15) is 12.5 Å². The zero-order valence-corrected chi connectivity index (χ0v) is 11.3. The van der Waals surface area contributed by atoms with Gasteiger partial charge in [0.1, 0.15) is 5.92 Å². The number of carbonyl (C=O) groups excluding carboxylic acids is 2. The van der Waals surface area contributed by atoms with Crippen LogP contribution in [0.4, 0.5) is 13.2 Å². The SMILES string of the molecule is CCOC(=O)C(Cc1cccc(Cl)c1)C(=O)C(F)(F)F. The van der Waals surface area contributed by atoms with Gasteiger partial charge in [0, 0.05) is 5.02 Å². The van der Waals surface area contributed by atoms with E-state index < -0.39 is 30.3 Å². The quantitative estimate of drug-likeness (QED) is 0.620. The van der Waals surface area contributed by atoms with Crippen LogP contribution in [0.2, 0.25) is 5.02 Å². The van der Waals surface area contributed by atoms with Crippen LogP contribution < -0.4 is 0 Å². The molecule has 1 unspecified atom stereocenters. The van der Waals surface area contributed by atoms with E-state index in [1.54, 1.807) is 0 Å². The second-order valence-corrected chi connectivity index (χ2v) is 4.44. The predicted octanol–water partition coefficient (Wildman–Crippen LogP) is 3.19. The summed E-state index contributed by atoms with van der Waals surface area (Å²) >= 11 is 5.72. The number of benzene rings is 1. The van der Waals surface area contributed by atoms with Gasteiger partial charge in [-0.15, -0.1) is 0 Å². The van der Waals surface area contributed by atoms with Gasteiger partial charge in [-0.1, -0.05) is 23.7 Å². The first-order valence-electron chi connectivity index (χ1n) is 5.77. The van der Waals surface area contributed by atoms with Crippen LogP contribution in [0.25, 0.3) is 0 Å². The summed E-state index contributed by atoms with van der Waals surface area (Å²) in [6.45, 7) is 1.35. The summed E-state index contributed by atoms with van der Waals surface area (Å²) in [5.41, 5.74) is 0.355. The van der Waals surface area contributed by atoms with Crippen molar-refractivity contribution in [3.8, 4) is 0 Å². The summed E-state index contributed by atoms with van der Waals surface area (Å²) in [4.78, 5) is 22.9. The highest BCUT2D eigenvalue weighted by Gasteiger charge is 2.46. The molecule has 0 aliphatic rings. The van der Waals surface area contributed by atoms with E-state index in [-0.39, 0.29) is 6.61 Å². The van der Waals surface area contributed by atoms with Crippen LogP contribution in [0, 0.1) is 5.92 Å². The molecule has 0 radical (unpaired) electrons. The molecule has 0 bridgehead atoms. The average molecular weight is 309 g/mol. The topological polar surface area (TPSA) is 43.4 Å². The fourth-order valence-electron chi connectivity index (χ4n) is 1.62. The molecule has 1 rings (SSSR count). The van der Waals surface area contributed by atoms with Gasteiger partial charge >= 0.3 is 12.1 Å². The summed E-state index contributed by atoms with van der Waals surface area (Å²) in [7, 11) is 0. The van der Waals surface area contributed by atoms with Gasteiger partial charge in [0.05, 0.1) is 6.61 Å². The lowest BCUT2D eigenvalue weighted by molar-refractivity contribution is -0.180. The Labute approximate surface area is 118 Å². The van der Waals surface area contributed by atoms with E-state index in [2.05, 4.69) is 4.74 Å². The van der Waals surface area contributed by atoms with Crippen molar-refractivity contribution in [2.75, 3.05) is 6.61 Å². The maximum absolute atomic E-state index is 12.5. The Kier molecular flexibility index (Phi) is 5.56. The van der Waals surface area contributed by atoms with E-state index >= 15 is 0 Å². The number of rotatable bonds is 5. The molecule has 110 valence electrons. The molecule has 0 amide bonds. The highest BCUT2D eigenvalue weighted by molar-refractivity contribution is 6.30. The first-order valence-corrected chi connectivity index (χ1v) is 6.15. The second kappa shape index (κ2) is 6.74. The van der Waals surface area contributed by atoms with Crippen molar-refractivity contribution in [1.82, 2.24) is 0 Å².